The Morgan fingerprint density at radius 3 is 2.48 bits per heavy atom. The van der Waals surface area contributed by atoms with E-state index < -0.39 is 0 Å². The summed E-state index contributed by atoms with van der Waals surface area (Å²) in [5.41, 5.74) is 5.12. The molecule has 0 fully saturated rings. The maximum atomic E-state index is 12.8. The van der Waals surface area contributed by atoms with Crippen LogP contribution >= 0.6 is 0 Å². The predicted octanol–water partition coefficient (Wildman–Crippen LogP) is 4.34. The van der Waals surface area contributed by atoms with Crippen LogP contribution in [0.25, 0.3) is 0 Å². The van der Waals surface area contributed by atoms with Gasteiger partial charge in [0.1, 0.15) is 5.75 Å². The molecule has 0 aliphatic carbocycles. The molecule has 7 heteroatoms. The van der Waals surface area contributed by atoms with Gasteiger partial charge in [-0.2, -0.15) is 10.2 Å². The van der Waals surface area contributed by atoms with E-state index in [0.717, 1.165) is 17.1 Å². The van der Waals surface area contributed by atoms with E-state index >= 15 is 0 Å². The Morgan fingerprint density at radius 2 is 1.71 bits per heavy atom. The topological polar surface area (TPSA) is 74.0 Å². The highest BCUT2D eigenvalue weighted by Crippen LogP contribution is 2.22. The third-order valence-corrected chi connectivity index (χ3v) is 5.18. The summed E-state index contributed by atoms with van der Waals surface area (Å²) in [6, 6.07) is 19.4. The lowest BCUT2D eigenvalue weighted by Crippen LogP contribution is -2.15. The Morgan fingerprint density at radius 1 is 0.968 bits per heavy atom. The van der Waals surface area contributed by atoms with Crippen LogP contribution in [0.4, 0.5) is 5.69 Å². The summed E-state index contributed by atoms with van der Waals surface area (Å²) in [5.74, 6) is 0.469. The molecule has 4 aromatic rings. The van der Waals surface area contributed by atoms with E-state index in [1.54, 1.807) is 16.9 Å². The highest BCUT2D eigenvalue weighted by molar-refractivity contribution is 6.03. The molecule has 1 N–H and O–H groups in total. The third-order valence-electron chi connectivity index (χ3n) is 5.18. The first-order chi connectivity index (χ1) is 15.0. The van der Waals surface area contributed by atoms with E-state index in [1.165, 1.54) is 11.1 Å². The maximum Gasteiger partial charge on any atom is 0.276 e. The second-order valence-corrected chi connectivity index (χ2v) is 7.41. The first-order valence-corrected chi connectivity index (χ1v) is 10.1. The third kappa shape index (κ3) is 4.66. The molecule has 0 saturated carbocycles. The molecule has 0 bridgehead atoms. The van der Waals surface area contributed by atoms with Crippen molar-refractivity contribution in [1.82, 2.24) is 19.6 Å². The largest absolute Gasteiger partial charge is 0.471 e. The van der Waals surface area contributed by atoms with Crippen molar-refractivity contribution in [2.24, 2.45) is 0 Å². The molecule has 2 aromatic carbocycles. The van der Waals surface area contributed by atoms with Gasteiger partial charge in [-0.25, -0.2) is 4.68 Å². The van der Waals surface area contributed by atoms with Crippen molar-refractivity contribution >= 4 is 11.6 Å². The molecule has 1 amide bonds. The van der Waals surface area contributed by atoms with Gasteiger partial charge in [0.05, 0.1) is 23.6 Å². The number of aryl methyl sites for hydroxylation is 2. The fraction of sp³-hybridized carbons (Fsp3) is 0.208. The summed E-state index contributed by atoms with van der Waals surface area (Å²) < 4.78 is 9.17. The zero-order valence-electron chi connectivity index (χ0n) is 17.9. The van der Waals surface area contributed by atoms with Gasteiger partial charge in [-0.1, -0.05) is 42.5 Å². The van der Waals surface area contributed by atoms with E-state index in [2.05, 4.69) is 34.6 Å². The zero-order valence-corrected chi connectivity index (χ0v) is 17.9. The number of rotatable bonds is 7. The standard InChI is InChI=1S/C24H25N5O2/c1-17-9-7-8-10-20(17)15-29-19(3)23(18(2)26-29)25-24(30)22-13-14-28(27-22)16-31-21-11-5-4-6-12-21/h4-14H,15-16H2,1-3H3,(H,25,30). The van der Waals surface area contributed by atoms with Gasteiger partial charge in [0.15, 0.2) is 12.4 Å². The van der Waals surface area contributed by atoms with Crippen LogP contribution in [-0.2, 0) is 13.3 Å². The van der Waals surface area contributed by atoms with Crippen molar-refractivity contribution in [3.05, 3.63) is 95.1 Å². The van der Waals surface area contributed by atoms with Crippen LogP contribution in [0, 0.1) is 20.8 Å². The number of benzene rings is 2. The number of anilines is 1. The fourth-order valence-corrected chi connectivity index (χ4v) is 3.37. The van der Waals surface area contributed by atoms with Crippen LogP contribution in [0.2, 0.25) is 0 Å². The lowest BCUT2D eigenvalue weighted by Gasteiger charge is -2.08. The van der Waals surface area contributed by atoms with Gasteiger partial charge in [-0.3, -0.25) is 9.48 Å². The number of carbonyl (C=O) groups excluding carboxylic acids is 1. The van der Waals surface area contributed by atoms with E-state index in [9.17, 15) is 4.79 Å². The van der Waals surface area contributed by atoms with E-state index in [-0.39, 0.29) is 12.6 Å². The summed E-state index contributed by atoms with van der Waals surface area (Å²) in [6.45, 7) is 6.81. The highest BCUT2D eigenvalue weighted by Gasteiger charge is 2.17. The molecule has 0 aliphatic heterocycles. The molecule has 0 spiro atoms. The van der Waals surface area contributed by atoms with Crippen LogP contribution in [0.15, 0.2) is 66.9 Å². The molecule has 2 aromatic heterocycles. The molecule has 0 unspecified atom stereocenters. The number of para-hydroxylation sites is 1. The minimum absolute atomic E-state index is 0.226. The van der Waals surface area contributed by atoms with E-state index in [1.807, 2.05) is 61.0 Å². The molecule has 0 saturated heterocycles. The van der Waals surface area contributed by atoms with Crippen LogP contribution in [0.1, 0.15) is 33.0 Å². The number of aromatic nitrogens is 4. The smallest absolute Gasteiger partial charge is 0.276 e. The highest BCUT2D eigenvalue weighted by atomic mass is 16.5. The SMILES string of the molecule is Cc1ccccc1Cn1nc(C)c(NC(=O)c2ccn(COc3ccccc3)n2)c1C. The van der Waals surface area contributed by atoms with Crippen molar-refractivity contribution in [3.63, 3.8) is 0 Å². The molecule has 2 heterocycles. The number of amides is 1. The van der Waals surface area contributed by atoms with Gasteiger partial charge in [0, 0.05) is 6.20 Å². The lowest BCUT2D eigenvalue weighted by molar-refractivity contribution is 0.102. The summed E-state index contributed by atoms with van der Waals surface area (Å²) >= 11 is 0. The molecule has 0 atom stereocenters. The summed E-state index contributed by atoms with van der Waals surface area (Å²) in [5, 5.41) is 11.9. The molecular weight excluding hydrogens is 390 g/mol. The minimum atomic E-state index is -0.278. The Bertz CT molecular complexity index is 1190. The predicted molar refractivity (Wildman–Crippen MR) is 119 cm³/mol. The first kappa shape index (κ1) is 20.4. The van der Waals surface area contributed by atoms with Gasteiger partial charge in [0.2, 0.25) is 0 Å². The van der Waals surface area contributed by atoms with Crippen LogP contribution in [0.5, 0.6) is 5.75 Å². The molecular formula is C24H25N5O2. The lowest BCUT2D eigenvalue weighted by atomic mass is 10.1. The number of carbonyl (C=O) groups is 1. The van der Waals surface area contributed by atoms with Gasteiger partial charge in [0.25, 0.3) is 5.91 Å². The molecule has 158 valence electrons. The second kappa shape index (κ2) is 8.87. The van der Waals surface area contributed by atoms with Gasteiger partial charge in [-0.15, -0.1) is 0 Å². The number of nitrogens with zero attached hydrogens (tertiary/aromatic N) is 4. The zero-order chi connectivity index (χ0) is 21.8. The van der Waals surface area contributed by atoms with Crippen LogP contribution in [-0.4, -0.2) is 25.5 Å². The molecule has 0 radical (unpaired) electrons. The van der Waals surface area contributed by atoms with Crippen molar-refractivity contribution in [2.75, 3.05) is 5.32 Å². The summed E-state index contributed by atoms with van der Waals surface area (Å²) in [6.07, 6.45) is 1.72. The Kier molecular flexibility index (Phi) is 5.84. The Balaban J connectivity index is 1.43. The average Bonchev–Trinajstić information content (AvgIpc) is 3.35. The van der Waals surface area contributed by atoms with Gasteiger partial charge < -0.3 is 10.1 Å². The molecule has 7 nitrogen and oxygen atoms in total. The molecule has 0 aliphatic rings. The average molecular weight is 415 g/mol. The first-order valence-electron chi connectivity index (χ1n) is 10.1. The van der Waals surface area contributed by atoms with Crippen molar-refractivity contribution in [2.45, 2.75) is 34.0 Å². The number of hydrogen-bond donors (Lipinski definition) is 1. The van der Waals surface area contributed by atoms with Gasteiger partial charge in [-0.05, 0) is 50.1 Å². The monoisotopic (exact) mass is 415 g/mol. The van der Waals surface area contributed by atoms with Crippen LogP contribution in [0.3, 0.4) is 0 Å². The number of ether oxygens (including phenoxy) is 1. The Labute approximate surface area is 181 Å². The van der Waals surface area contributed by atoms with Crippen molar-refractivity contribution < 1.29 is 9.53 Å². The quantitative estimate of drug-likeness (QED) is 0.487. The van der Waals surface area contributed by atoms with E-state index in [0.29, 0.717) is 17.9 Å². The van der Waals surface area contributed by atoms with E-state index in [4.69, 9.17) is 4.74 Å². The van der Waals surface area contributed by atoms with Crippen LogP contribution < -0.4 is 10.1 Å². The second-order valence-electron chi connectivity index (χ2n) is 7.41. The van der Waals surface area contributed by atoms with Crippen molar-refractivity contribution in [1.29, 1.82) is 0 Å². The minimum Gasteiger partial charge on any atom is -0.471 e. The van der Waals surface area contributed by atoms with Gasteiger partial charge >= 0.3 is 0 Å². The Hall–Kier alpha value is -3.87. The fourth-order valence-electron chi connectivity index (χ4n) is 3.37. The number of hydrogen-bond acceptors (Lipinski definition) is 4. The normalized spacial score (nSPS) is 10.8. The summed E-state index contributed by atoms with van der Waals surface area (Å²) in [4.78, 5) is 12.8. The summed E-state index contributed by atoms with van der Waals surface area (Å²) in [7, 11) is 0. The molecule has 31 heavy (non-hydrogen) atoms. The maximum absolute atomic E-state index is 12.8. The van der Waals surface area contributed by atoms with Crippen molar-refractivity contribution in [3.8, 4) is 5.75 Å². The molecule has 4 rings (SSSR count). The number of nitrogens with one attached hydrogen (secondary N) is 1.